The zero-order valence-corrected chi connectivity index (χ0v) is 25.5. The van der Waals surface area contributed by atoms with Gasteiger partial charge in [0.25, 0.3) is 0 Å². The van der Waals surface area contributed by atoms with Crippen LogP contribution in [0.25, 0.3) is 0 Å². The molecule has 193 valence electrons. The molecule has 3 rings (SSSR count). The fourth-order valence-corrected chi connectivity index (χ4v) is 4.59. The van der Waals surface area contributed by atoms with E-state index in [0.717, 1.165) is 38.4 Å². The Labute approximate surface area is 237 Å². The van der Waals surface area contributed by atoms with Gasteiger partial charge in [-0.05, 0) is 75.9 Å². The van der Waals surface area contributed by atoms with E-state index in [1.807, 2.05) is 12.3 Å². The van der Waals surface area contributed by atoms with Crippen molar-refractivity contribution >= 4 is 11.4 Å². The number of benzene rings is 2. The number of hydrogen-bond acceptors (Lipinski definition) is 4. The first-order valence-electron chi connectivity index (χ1n) is 11.6. The summed E-state index contributed by atoms with van der Waals surface area (Å²) in [4.78, 5) is 7.02. The molecule has 0 saturated carbocycles. The fourth-order valence-electron chi connectivity index (χ4n) is 4.59. The van der Waals surface area contributed by atoms with Crippen LogP contribution in [-0.4, -0.2) is 36.1 Å². The van der Waals surface area contributed by atoms with Gasteiger partial charge in [0.15, 0.2) is 0 Å². The molecule has 0 saturated heterocycles. The number of anilines is 2. The smallest absolute Gasteiger partial charge is 1.00 e. The van der Waals surface area contributed by atoms with E-state index in [9.17, 15) is 0 Å². The van der Waals surface area contributed by atoms with E-state index in [1.54, 1.807) is 0 Å². The van der Waals surface area contributed by atoms with Gasteiger partial charge in [-0.1, -0.05) is 41.5 Å². The number of nitrogens with one attached hydrogen (secondary N) is 2. The van der Waals surface area contributed by atoms with Crippen molar-refractivity contribution in [1.82, 2.24) is 9.88 Å². The maximum absolute atomic E-state index is 4.54. The molecule has 35 heavy (non-hydrogen) atoms. The summed E-state index contributed by atoms with van der Waals surface area (Å²) < 4.78 is 0. The molecule has 1 radical (unpaired) electrons. The third-order valence-corrected chi connectivity index (χ3v) is 5.93. The van der Waals surface area contributed by atoms with Crippen LogP contribution >= 0.6 is 0 Å². The monoisotopic (exact) mass is 693 g/mol. The maximum Gasteiger partial charge on any atom is 2.00 e. The summed E-state index contributed by atoms with van der Waals surface area (Å²) >= 11 is 0. The number of pyridine rings is 1. The molecular formula is C28H38Cl2IrN4. The average Bonchev–Trinajstić information content (AvgIpc) is 2.72. The number of nitrogens with zero attached hydrogens (tertiary/aromatic N) is 2. The molecule has 1 heterocycles. The summed E-state index contributed by atoms with van der Waals surface area (Å²) in [5.74, 6) is 0. The van der Waals surface area contributed by atoms with Crippen LogP contribution in [0, 0.1) is 41.5 Å². The van der Waals surface area contributed by atoms with Crippen LogP contribution in [0.5, 0.6) is 0 Å². The van der Waals surface area contributed by atoms with Crippen molar-refractivity contribution in [2.45, 2.75) is 48.1 Å². The topological polar surface area (TPSA) is 40.2 Å². The molecule has 3 aromatic rings. The molecule has 0 bridgehead atoms. The van der Waals surface area contributed by atoms with Crippen LogP contribution in [0.1, 0.15) is 39.1 Å². The molecule has 2 aromatic carbocycles. The van der Waals surface area contributed by atoms with E-state index in [-0.39, 0.29) is 44.9 Å². The number of hydrogen-bond donors (Lipinski definition) is 2. The Kier molecular flexibility index (Phi) is 15.4. The Balaban J connectivity index is 0.00000385. The molecule has 0 unspecified atom stereocenters. The minimum atomic E-state index is 0. The third kappa shape index (κ3) is 10.1. The largest absolute Gasteiger partial charge is 2.00 e. The predicted molar refractivity (Wildman–Crippen MR) is 138 cm³/mol. The first-order chi connectivity index (χ1) is 15.3. The Bertz CT molecular complexity index is 935. The van der Waals surface area contributed by atoms with Gasteiger partial charge in [-0.15, -0.1) is 0 Å². The van der Waals surface area contributed by atoms with Gasteiger partial charge in [-0.3, -0.25) is 9.88 Å². The van der Waals surface area contributed by atoms with Crippen molar-refractivity contribution in [3.8, 4) is 0 Å². The van der Waals surface area contributed by atoms with E-state index in [1.165, 1.54) is 44.8 Å². The van der Waals surface area contributed by atoms with Crippen LogP contribution in [0.15, 0.2) is 48.7 Å². The van der Waals surface area contributed by atoms with E-state index >= 15 is 0 Å². The summed E-state index contributed by atoms with van der Waals surface area (Å²) in [7, 11) is 0. The van der Waals surface area contributed by atoms with E-state index in [0.29, 0.717) is 0 Å². The molecule has 0 aliphatic rings. The van der Waals surface area contributed by atoms with Crippen LogP contribution in [0.2, 0.25) is 0 Å². The molecule has 1 aromatic heterocycles. The molecular weight excluding hydrogens is 655 g/mol. The van der Waals surface area contributed by atoms with Crippen LogP contribution in [0.4, 0.5) is 11.4 Å². The van der Waals surface area contributed by atoms with Gasteiger partial charge < -0.3 is 35.4 Å². The van der Waals surface area contributed by atoms with Crippen molar-refractivity contribution in [2.75, 3.05) is 36.8 Å². The first-order valence-corrected chi connectivity index (χ1v) is 11.6. The van der Waals surface area contributed by atoms with Crippen LogP contribution in [0.3, 0.4) is 0 Å². The minimum Gasteiger partial charge on any atom is -1.00 e. The average molecular weight is 694 g/mol. The Morgan fingerprint density at radius 3 is 1.49 bits per heavy atom. The molecule has 0 aliphatic carbocycles. The summed E-state index contributed by atoms with van der Waals surface area (Å²) in [5, 5.41) is 7.35. The molecule has 0 atom stereocenters. The van der Waals surface area contributed by atoms with E-state index < -0.39 is 0 Å². The Hall–Kier alpha value is -1.62. The SMILES string of the molecule is Cc1cc(C)c(NCCN(CCNc2c(C)cc(C)cc2C)Cc2ccccn2)c(C)c1.[Cl-].[Cl-].[Ir+2]. The predicted octanol–water partition coefficient (Wildman–Crippen LogP) is -0.0362. The van der Waals surface area contributed by atoms with E-state index in [4.69, 9.17) is 0 Å². The normalized spacial score (nSPS) is 10.1. The molecule has 0 spiro atoms. The van der Waals surface area contributed by atoms with Gasteiger partial charge in [-0.2, -0.15) is 0 Å². The first kappa shape index (κ1) is 33.4. The van der Waals surface area contributed by atoms with Crippen molar-refractivity contribution in [2.24, 2.45) is 0 Å². The number of rotatable bonds is 10. The number of aromatic nitrogens is 1. The third-order valence-electron chi connectivity index (χ3n) is 5.93. The van der Waals surface area contributed by atoms with Gasteiger partial charge in [0, 0.05) is 50.3 Å². The summed E-state index contributed by atoms with van der Waals surface area (Å²) in [6, 6.07) is 15.1. The van der Waals surface area contributed by atoms with E-state index in [2.05, 4.69) is 98.5 Å². The van der Waals surface area contributed by atoms with Gasteiger partial charge in [0.1, 0.15) is 0 Å². The van der Waals surface area contributed by atoms with Crippen molar-refractivity contribution < 1.29 is 44.9 Å². The van der Waals surface area contributed by atoms with Crippen LogP contribution in [-0.2, 0) is 26.7 Å². The van der Waals surface area contributed by atoms with Crippen molar-refractivity contribution in [1.29, 1.82) is 0 Å². The molecule has 7 heteroatoms. The van der Waals surface area contributed by atoms with Gasteiger partial charge in [0.2, 0.25) is 0 Å². The second-order valence-corrected chi connectivity index (χ2v) is 9.00. The Morgan fingerprint density at radius 2 is 1.11 bits per heavy atom. The molecule has 4 nitrogen and oxygen atoms in total. The van der Waals surface area contributed by atoms with Gasteiger partial charge >= 0.3 is 20.1 Å². The van der Waals surface area contributed by atoms with Crippen molar-refractivity contribution in [3.63, 3.8) is 0 Å². The molecule has 0 aliphatic heterocycles. The Morgan fingerprint density at radius 1 is 0.686 bits per heavy atom. The van der Waals surface area contributed by atoms with Gasteiger partial charge in [-0.25, -0.2) is 0 Å². The van der Waals surface area contributed by atoms with Gasteiger partial charge in [0.05, 0.1) is 5.69 Å². The summed E-state index contributed by atoms with van der Waals surface area (Å²) in [6.07, 6.45) is 1.88. The zero-order valence-electron chi connectivity index (χ0n) is 21.6. The fraction of sp³-hybridized carbons (Fsp3) is 0.393. The summed E-state index contributed by atoms with van der Waals surface area (Å²) in [6.45, 7) is 17.6. The summed E-state index contributed by atoms with van der Waals surface area (Å²) in [5.41, 5.74) is 11.5. The number of halogens is 2. The molecule has 0 fully saturated rings. The quantitative estimate of drug-likeness (QED) is 0.313. The standard InChI is InChI=1S/C28H38N4.2ClH.Ir/c1-20-15-22(3)27(23(4)16-20)30-11-13-32(19-26-9-7-8-10-29-26)14-12-31-28-24(5)17-21(2)18-25(28)6;;;/h7-10,15-18,30-31H,11-14,19H2,1-6H3;2*1H;/q;;;+2/p-2. The maximum atomic E-state index is 4.54. The van der Waals surface area contributed by atoms with Crippen molar-refractivity contribution in [3.05, 3.63) is 87.7 Å². The number of aryl methyl sites for hydroxylation is 6. The minimum absolute atomic E-state index is 0. The second-order valence-electron chi connectivity index (χ2n) is 9.00. The van der Waals surface area contributed by atoms with Crippen LogP contribution < -0.4 is 35.4 Å². The second kappa shape index (κ2) is 16.2. The zero-order chi connectivity index (χ0) is 23.1. The molecule has 2 N–H and O–H groups in total. The molecule has 0 amide bonds.